The van der Waals surface area contributed by atoms with Gasteiger partial charge < -0.3 is 5.32 Å². The first-order valence-corrected chi connectivity index (χ1v) is 7.59. The Kier molecular flexibility index (Phi) is 4.98. The fourth-order valence-corrected chi connectivity index (χ4v) is 2.41. The average molecular weight is 311 g/mol. The van der Waals surface area contributed by atoms with Gasteiger partial charge in [-0.25, -0.2) is 4.39 Å². The molecule has 104 valence electrons. The lowest BCUT2D eigenvalue weighted by atomic mass is 10.2. The summed E-state index contributed by atoms with van der Waals surface area (Å²) in [5.41, 5.74) is 1.38. The van der Waals surface area contributed by atoms with Gasteiger partial charge in [0, 0.05) is 11.9 Å². The van der Waals surface area contributed by atoms with Crippen molar-refractivity contribution in [2.45, 2.75) is 5.75 Å². The lowest BCUT2D eigenvalue weighted by Gasteiger charge is -2.09. The number of carbonyl (C=O) groups is 1. The molecule has 1 aromatic carbocycles. The molecule has 0 saturated carbocycles. The topological polar surface area (TPSA) is 42.0 Å². The standard InChI is InChI=1S/C14H12ClFN2OS/c1-20-8-9-4-3-7-17-13(9)14(19)18-11-6-2-5-10(16)12(11)15/h2-7H,8H2,1H3,(H,18,19). The van der Waals surface area contributed by atoms with Crippen LogP contribution in [0.3, 0.4) is 0 Å². The molecule has 1 amide bonds. The summed E-state index contributed by atoms with van der Waals surface area (Å²) in [6, 6.07) is 7.87. The van der Waals surface area contributed by atoms with Gasteiger partial charge in [0.2, 0.25) is 0 Å². The van der Waals surface area contributed by atoms with E-state index in [1.54, 1.807) is 30.1 Å². The number of anilines is 1. The van der Waals surface area contributed by atoms with Gasteiger partial charge in [-0.3, -0.25) is 9.78 Å². The van der Waals surface area contributed by atoms with Crippen LogP contribution in [0.4, 0.5) is 10.1 Å². The lowest BCUT2D eigenvalue weighted by molar-refractivity contribution is 0.102. The van der Waals surface area contributed by atoms with Crippen molar-refractivity contribution in [1.82, 2.24) is 4.98 Å². The molecule has 1 heterocycles. The Labute approximate surface area is 125 Å². The first kappa shape index (κ1) is 14.8. The van der Waals surface area contributed by atoms with Gasteiger partial charge in [0.25, 0.3) is 5.91 Å². The number of amides is 1. The number of benzene rings is 1. The Morgan fingerprint density at radius 2 is 2.20 bits per heavy atom. The van der Waals surface area contributed by atoms with Crippen molar-refractivity contribution in [2.75, 3.05) is 11.6 Å². The summed E-state index contributed by atoms with van der Waals surface area (Å²) < 4.78 is 13.3. The predicted molar refractivity (Wildman–Crippen MR) is 80.8 cm³/mol. The van der Waals surface area contributed by atoms with Crippen LogP contribution in [0.1, 0.15) is 16.1 Å². The third-order valence-electron chi connectivity index (χ3n) is 2.61. The van der Waals surface area contributed by atoms with Gasteiger partial charge in [0.15, 0.2) is 0 Å². The molecule has 0 unspecified atom stereocenters. The Balaban J connectivity index is 2.26. The van der Waals surface area contributed by atoms with Crippen molar-refractivity contribution in [3.8, 4) is 0 Å². The molecule has 3 nitrogen and oxygen atoms in total. The van der Waals surface area contributed by atoms with Gasteiger partial charge in [-0.1, -0.05) is 23.7 Å². The third kappa shape index (κ3) is 3.29. The maximum absolute atomic E-state index is 13.3. The molecule has 20 heavy (non-hydrogen) atoms. The summed E-state index contributed by atoms with van der Waals surface area (Å²) in [6.07, 6.45) is 3.49. The minimum Gasteiger partial charge on any atom is -0.319 e. The molecule has 6 heteroatoms. The number of hydrogen-bond acceptors (Lipinski definition) is 3. The predicted octanol–water partition coefficient (Wildman–Crippen LogP) is 3.99. The van der Waals surface area contributed by atoms with Crippen LogP contribution in [-0.4, -0.2) is 17.1 Å². The highest BCUT2D eigenvalue weighted by Gasteiger charge is 2.15. The smallest absolute Gasteiger partial charge is 0.274 e. The number of carbonyl (C=O) groups excluding carboxylic acids is 1. The number of aromatic nitrogens is 1. The van der Waals surface area contributed by atoms with Crippen LogP contribution in [0.5, 0.6) is 0 Å². The SMILES string of the molecule is CSCc1cccnc1C(=O)Nc1cccc(F)c1Cl. The number of rotatable bonds is 4. The number of thioether (sulfide) groups is 1. The van der Waals surface area contributed by atoms with Crippen LogP contribution in [-0.2, 0) is 5.75 Å². The van der Waals surface area contributed by atoms with E-state index in [2.05, 4.69) is 10.3 Å². The highest BCUT2D eigenvalue weighted by molar-refractivity contribution is 7.97. The average Bonchev–Trinajstić information content (AvgIpc) is 2.45. The number of halogens is 2. The Morgan fingerprint density at radius 1 is 1.40 bits per heavy atom. The summed E-state index contributed by atoms with van der Waals surface area (Å²) in [5, 5.41) is 2.48. The zero-order valence-corrected chi connectivity index (χ0v) is 12.3. The van der Waals surface area contributed by atoms with Crippen molar-refractivity contribution < 1.29 is 9.18 Å². The van der Waals surface area contributed by atoms with E-state index in [9.17, 15) is 9.18 Å². The third-order valence-corrected chi connectivity index (χ3v) is 3.59. The fourth-order valence-electron chi connectivity index (χ4n) is 1.70. The lowest BCUT2D eigenvalue weighted by Crippen LogP contribution is -2.16. The fraction of sp³-hybridized carbons (Fsp3) is 0.143. The maximum atomic E-state index is 13.3. The Bertz CT molecular complexity index is 636. The van der Waals surface area contributed by atoms with Gasteiger partial charge in [-0.2, -0.15) is 11.8 Å². The van der Waals surface area contributed by atoms with Gasteiger partial charge >= 0.3 is 0 Å². The van der Waals surface area contributed by atoms with Crippen LogP contribution in [0.25, 0.3) is 0 Å². The first-order valence-electron chi connectivity index (χ1n) is 5.81. The van der Waals surface area contributed by atoms with E-state index in [0.29, 0.717) is 11.4 Å². The van der Waals surface area contributed by atoms with Crippen LogP contribution in [0.15, 0.2) is 36.5 Å². The number of hydrogen-bond donors (Lipinski definition) is 1. The van der Waals surface area contributed by atoms with E-state index in [-0.39, 0.29) is 10.7 Å². The van der Waals surface area contributed by atoms with E-state index in [1.807, 2.05) is 12.3 Å². The van der Waals surface area contributed by atoms with Crippen LogP contribution >= 0.6 is 23.4 Å². The van der Waals surface area contributed by atoms with E-state index >= 15 is 0 Å². The van der Waals surface area contributed by atoms with Crippen molar-refractivity contribution in [3.63, 3.8) is 0 Å². The molecular weight excluding hydrogens is 299 g/mol. The molecule has 0 saturated heterocycles. The van der Waals surface area contributed by atoms with Crippen LogP contribution < -0.4 is 5.32 Å². The monoisotopic (exact) mass is 310 g/mol. The minimum absolute atomic E-state index is 0.108. The summed E-state index contributed by atoms with van der Waals surface area (Å²) >= 11 is 7.40. The highest BCUT2D eigenvalue weighted by Crippen LogP contribution is 2.25. The number of nitrogens with one attached hydrogen (secondary N) is 1. The second-order valence-corrected chi connectivity index (χ2v) is 5.24. The second kappa shape index (κ2) is 6.72. The summed E-state index contributed by atoms with van der Waals surface area (Å²) in [5.74, 6) is -0.301. The first-order chi connectivity index (χ1) is 9.63. The van der Waals surface area contributed by atoms with Gasteiger partial charge in [0.05, 0.1) is 10.7 Å². The molecule has 1 aromatic heterocycles. The zero-order valence-electron chi connectivity index (χ0n) is 10.7. The van der Waals surface area contributed by atoms with Crippen molar-refractivity contribution in [2.24, 2.45) is 0 Å². The van der Waals surface area contributed by atoms with Gasteiger partial charge in [0.1, 0.15) is 11.5 Å². The minimum atomic E-state index is -0.574. The Morgan fingerprint density at radius 3 is 2.95 bits per heavy atom. The van der Waals surface area contributed by atoms with Crippen molar-refractivity contribution in [1.29, 1.82) is 0 Å². The largest absolute Gasteiger partial charge is 0.319 e. The number of pyridine rings is 1. The summed E-state index contributed by atoms with van der Waals surface area (Å²) in [7, 11) is 0. The molecular formula is C14H12ClFN2OS. The normalized spacial score (nSPS) is 10.3. The molecule has 0 atom stereocenters. The van der Waals surface area contributed by atoms with Crippen molar-refractivity contribution in [3.05, 3.63) is 58.6 Å². The van der Waals surface area contributed by atoms with Gasteiger partial charge in [-0.05, 0) is 30.0 Å². The summed E-state index contributed by atoms with van der Waals surface area (Å²) in [6.45, 7) is 0. The highest BCUT2D eigenvalue weighted by atomic mass is 35.5. The van der Waals surface area contributed by atoms with Crippen LogP contribution in [0, 0.1) is 5.82 Å². The molecule has 0 aliphatic heterocycles. The van der Waals surface area contributed by atoms with Gasteiger partial charge in [-0.15, -0.1) is 0 Å². The molecule has 0 aliphatic rings. The van der Waals surface area contributed by atoms with Crippen LogP contribution in [0.2, 0.25) is 5.02 Å². The molecule has 1 N–H and O–H groups in total. The second-order valence-electron chi connectivity index (χ2n) is 4.00. The molecule has 0 aliphatic carbocycles. The van der Waals surface area contributed by atoms with E-state index < -0.39 is 11.7 Å². The van der Waals surface area contributed by atoms with E-state index in [1.165, 1.54) is 12.1 Å². The molecule has 2 rings (SSSR count). The molecule has 0 radical (unpaired) electrons. The zero-order chi connectivity index (χ0) is 14.5. The van der Waals surface area contributed by atoms with E-state index in [4.69, 9.17) is 11.6 Å². The van der Waals surface area contributed by atoms with Crippen molar-refractivity contribution >= 4 is 35.0 Å². The summed E-state index contributed by atoms with van der Waals surface area (Å²) in [4.78, 5) is 16.3. The quantitative estimate of drug-likeness (QED) is 0.928. The Hall–Kier alpha value is -1.59. The maximum Gasteiger partial charge on any atom is 0.274 e. The van der Waals surface area contributed by atoms with E-state index in [0.717, 1.165) is 5.56 Å². The molecule has 2 aromatic rings. The number of nitrogens with zero attached hydrogens (tertiary/aromatic N) is 1. The molecule has 0 bridgehead atoms. The molecule has 0 spiro atoms. The molecule has 0 fully saturated rings.